The van der Waals surface area contributed by atoms with E-state index < -0.39 is 6.10 Å². The lowest BCUT2D eigenvalue weighted by Crippen LogP contribution is -2.24. The fourth-order valence-electron chi connectivity index (χ4n) is 3.80. The molecule has 30 heavy (non-hydrogen) atoms. The number of hydrogen-bond acceptors (Lipinski definition) is 4. The SMILES string of the molecule is CCCCCCc1c(C)c2ccc(O[C@@H](C)C(=O)c3ccccc3)c(C)c2oc1=O. The van der Waals surface area contributed by atoms with Crippen LogP contribution in [0.2, 0.25) is 0 Å². The van der Waals surface area contributed by atoms with Gasteiger partial charge in [0.15, 0.2) is 6.10 Å². The lowest BCUT2D eigenvalue weighted by molar-refractivity contribution is 0.0817. The minimum atomic E-state index is -0.644. The average molecular weight is 407 g/mol. The number of carbonyl (C=O) groups excluding carboxylic acids is 1. The summed E-state index contributed by atoms with van der Waals surface area (Å²) in [5.74, 6) is 0.465. The van der Waals surface area contributed by atoms with E-state index in [1.165, 1.54) is 12.8 Å². The molecule has 0 aliphatic carbocycles. The normalized spacial score (nSPS) is 12.1. The molecule has 1 heterocycles. The van der Waals surface area contributed by atoms with E-state index in [0.29, 0.717) is 16.9 Å². The quantitative estimate of drug-likeness (QED) is 0.242. The van der Waals surface area contributed by atoms with Gasteiger partial charge in [-0.25, -0.2) is 4.79 Å². The lowest BCUT2D eigenvalue weighted by Gasteiger charge is -2.17. The van der Waals surface area contributed by atoms with Crippen LogP contribution in [-0.2, 0) is 6.42 Å². The van der Waals surface area contributed by atoms with E-state index in [-0.39, 0.29) is 11.4 Å². The molecule has 0 saturated carbocycles. The Morgan fingerprint density at radius 1 is 1.00 bits per heavy atom. The summed E-state index contributed by atoms with van der Waals surface area (Å²) in [7, 11) is 0. The first-order valence-corrected chi connectivity index (χ1v) is 10.8. The number of ether oxygens (including phenoxy) is 1. The van der Waals surface area contributed by atoms with Gasteiger partial charge in [0, 0.05) is 22.1 Å². The highest BCUT2D eigenvalue weighted by Gasteiger charge is 2.20. The molecule has 0 amide bonds. The Labute approximate surface area is 177 Å². The molecule has 0 fully saturated rings. The lowest BCUT2D eigenvalue weighted by atomic mass is 9.99. The third-order valence-electron chi connectivity index (χ3n) is 5.67. The Kier molecular flexibility index (Phi) is 7.09. The first-order valence-electron chi connectivity index (χ1n) is 10.8. The van der Waals surface area contributed by atoms with Gasteiger partial charge >= 0.3 is 5.63 Å². The predicted molar refractivity (Wildman–Crippen MR) is 121 cm³/mol. The zero-order valence-electron chi connectivity index (χ0n) is 18.3. The Morgan fingerprint density at radius 2 is 1.73 bits per heavy atom. The molecule has 0 radical (unpaired) electrons. The summed E-state index contributed by atoms with van der Waals surface area (Å²) in [4.78, 5) is 25.3. The largest absolute Gasteiger partial charge is 0.482 e. The van der Waals surface area contributed by atoms with Gasteiger partial charge in [-0.2, -0.15) is 0 Å². The van der Waals surface area contributed by atoms with Crippen LogP contribution in [0.15, 0.2) is 51.7 Å². The Bertz CT molecular complexity index is 1080. The van der Waals surface area contributed by atoms with Crippen molar-refractivity contribution >= 4 is 16.8 Å². The number of unbranched alkanes of at least 4 members (excludes halogenated alkanes) is 3. The van der Waals surface area contributed by atoms with Gasteiger partial charge in [-0.15, -0.1) is 0 Å². The third-order valence-corrected chi connectivity index (χ3v) is 5.67. The van der Waals surface area contributed by atoms with Gasteiger partial charge in [0.05, 0.1) is 0 Å². The Hall–Kier alpha value is -2.88. The number of rotatable bonds is 9. The maximum atomic E-state index is 12.6. The molecule has 0 bridgehead atoms. The Balaban J connectivity index is 1.87. The number of carbonyl (C=O) groups is 1. The zero-order valence-corrected chi connectivity index (χ0v) is 18.3. The van der Waals surface area contributed by atoms with Gasteiger partial charge in [-0.05, 0) is 51.3 Å². The number of ketones is 1. The van der Waals surface area contributed by atoms with Crippen LogP contribution in [0.4, 0.5) is 0 Å². The van der Waals surface area contributed by atoms with Crippen LogP contribution >= 0.6 is 0 Å². The van der Waals surface area contributed by atoms with Gasteiger partial charge < -0.3 is 9.15 Å². The molecule has 2 aromatic carbocycles. The summed E-state index contributed by atoms with van der Waals surface area (Å²) >= 11 is 0. The molecule has 3 rings (SSSR count). The van der Waals surface area contributed by atoms with Crippen LogP contribution in [0.5, 0.6) is 5.75 Å². The van der Waals surface area contributed by atoms with Crippen molar-refractivity contribution in [3.05, 3.63) is 75.1 Å². The second-order valence-corrected chi connectivity index (χ2v) is 7.86. The standard InChI is InChI=1S/C26H30O4/c1-5-6-7-11-14-22-17(2)21-15-16-23(18(3)25(21)30-26(22)28)29-19(4)24(27)20-12-9-8-10-13-20/h8-10,12-13,15-16,19H,5-7,11,14H2,1-4H3/t19-/m0/s1. The van der Waals surface area contributed by atoms with Crippen molar-refractivity contribution in [2.24, 2.45) is 0 Å². The van der Waals surface area contributed by atoms with Gasteiger partial charge in [0.2, 0.25) is 5.78 Å². The van der Waals surface area contributed by atoms with Gasteiger partial charge in [0.25, 0.3) is 0 Å². The van der Waals surface area contributed by atoms with Crippen molar-refractivity contribution in [3.63, 3.8) is 0 Å². The molecule has 1 aromatic heterocycles. The molecule has 3 aromatic rings. The van der Waals surface area contributed by atoms with Crippen LogP contribution < -0.4 is 10.4 Å². The summed E-state index contributed by atoms with van der Waals surface area (Å²) in [5.41, 5.74) is 3.34. The molecule has 0 saturated heterocycles. The first-order chi connectivity index (χ1) is 14.4. The van der Waals surface area contributed by atoms with Crippen molar-refractivity contribution in [2.75, 3.05) is 0 Å². The summed E-state index contributed by atoms with van der Waals surface area (Å²) in [5, 5.41) is 0.923. The van der Waals surface area contributed by atoms with E-state index in [9.17, 15) is 9.59 Å². The number of hydrogen-bond donors (Lipinski definition) is 0. The highest BCUT2D eigenvalue weighted by atomic mass is 16.5. The topological polar surface area (TPSA) is 56.5 Å². The first kappa shape index (κ1) is 21.8. The fourth-order valence-corrected chi connectivity index (χ4v) is 3.80. The van der Waals surface area contributed by atoms with E-state index >= 15 is 0 Å². The molecular formula is C26H30O4. The second-order valence-electron chi connectivity index (χ2n) is 7.86. The van der Waals surface area contributed by atoms with Crippen molar-refractivity contribution in [2.45, 2.75) is 65.9 Å². The third kappa shape index (κ3) is 4.64. The molecule has 158 valence electrons. The van der Waals surface area contributed by atoms with Crippen molar-refractivity contribution in [1.29, 1.82) is 0 Å². The van der Waals surface area contributed by atoms with E-state index in [2.05, 4.69) is 6.92 Å². The van der Waals surface area contributed by atoms with Crippen LogP contribution in [0, 0.1) is 13.8 Å². The van der Waals surface area contributed by atoms with Gasteiger partial charge in [-0.3, -0.25) is 4.79 Å². The molecule has 4 heteroatoms. The van der Waals surface area contributed by atoms with Crippen LogP contribution in [0.25, 0.3) is 11.0 Å². The predicted octanol–water partition coefficient (Wildman–Crippen LogP) is 6.18. The summed E-state index contributed by atoms with van der Waals surface area (Å²) in [6.07, 6.45) is 4.55. The van der Waals surface area contributed by atoms with Gasteiger partial charge in [0.1, 0.15) is 11.3 Å². The molecule has 0 spiro atoms. The molecule has 0 aliphatic rings. The maximum absolute atomic E-state index is 12.6. The van der Waals surface area contributed by atoms with E-state index in [1.54, 1.807) is 19.1 Å². The summed E-state index contributed by atoms with van der Waals surface area (Å²) in [6.45, 7) is 7.75. The highest BCUT2D eigenvalue weighted by Crippen LogP contribution is 2.30. The minimum Gasteiger partial charge on any atom is -0.482 e. The molecule has 1 atom stereocenters. The zero-order chi connectivity index (χ0) is 21.7. The number of Topliss-reactive ketones (excluding diaryl/α,β-unsaturated/α-hetero) is 1. The smallest absolute Gasteiger partial charge is 0.339 e. The average Bonchev–Trinajstić information content (AvgIpc) is 2.75. The van der Waals surface area contributed by atoms with Crippen molar-refractivity contribution in [3.8, 4) is 5.75 Å². The van der Waals surface area contributed by atoms with E-state index in [1.807, 2.05) is 44.2 Å². The van der Waals surface area contributed by atoms with Crippen LogP contribution in [0.1, 0.15) is 66.6 Å². The van der Waals surface area contributed by atoms with Gasteiger partial charge in [-0.1, -0.05) is 56.5 Å². The molecular weight excluding hydrogens is 376 g/mol. The number of fused-ring (bicyclic) bond motifs is 1. The summed E-state index contributed by atoms with van der Waals surface area (Å²) in [6, 6.07) is 12.9. The van der Waals surface area contributed by atoms with E-state index in [0.717, 1.165) is 41.3 Å². The highest BCUT2D eigenvalue weighted by molar-refractivity contribution is 5.99. The van der Waals surface area contributed by atoms with Crippen molar-refractivity contribution in [1.82, 2.24) is 0 Å². The fraction of sp³-hybridized carbons (Fsp3) is 0.385. The van der Waals surface area contributed by atoms with Crippen LogP contribution in [-0.4, -0.2) is 11.9 Å². The molecule has 0 unspecified atom stereocenters. The monoisotopic (exact) mass is 406 g/mol. The van der Waals surface area contributed by atoms with E-state index in [4.69, 9.17) is 9.15 Å². The second kappa shape index (κ2) is 9.75. The van der Waals surface area contributed by atoms with Crippen LogP contribution in [0.3, 0.4) is 0 Å². The molecule has 0 aliphatic heterocycles. The maximum Gasteiger partial charge on any atom is 0.339 e. The summed E-state index contributed by atoms with van der Waals surface area (Å²) < 4.78 is 11.7. The van der Waals surface area contributed by atoms with Crippen molar-refractivity contribution < 1.29 is 13.9 Å². The Morgan fingerprint density at radius 3 is 2.43 bits per heavy atom. The number of aryl methyl sites for hydroxylation is 2. The molecule has 0 N–H and O–H groups in total. The number of benzene rings is 2. The minimum absolute atomic E-state index is 0.0878. The molecule has 4 nitrogen and oxygen atoms in total.